The van der Waals surface area contributed by atoms with Gasteiger partial charge in [-0.05, 0) is 38.0 Å². The van der Waals surface area contributed by atoms with Crippen molar-refractivity contribution in [3.05, 3.63) is 0 Å². The van der Waals surface area contributed by atoms with E-state index in [1.165, 1.54) is 0 Å². The fraction of sp³-hybridized carbons (Fsp3) is 0.875. The molecule has 1 fully saturated rings. The Morgan fingerprint density at radius 3 is 2.43 bits per heavy atom. The first-order valence-corrected chi connectivity index (χ1v) is 8.04. The fourth-order valence-corrected chi connectivity index (χ4v) is 3.10. The van der Waals surface area contributed by atoms with E-state index in [2.05, 4.69) is 20.8 Å². The second kappa shape index (κ2) is 7.66. The molecule has 1 aliphatic rings. The standard InChI is InChI=1S/C16H30N2O3/c1-6-13-7-8-18(14(10-13)15(19)20)16(21)17(5)12(4)9-11(2)3/h11-14H,6-10H2,1-5H3,(H,19,20). The smallest absolute Gasteiger partial charge is 0.326 e. The van der Waals surface area contributed by atoms with Gasteiger partial charge in [-0.2, -0.15) is 0 Å². The first-order chi connectivity index (χ1) is 9.77. The van der Waals surface area contributed by atoms with Gasteiger partial charge in [-0.25, -0.2) is 9.59 Å². The molecule has 0 aromatic heterocycles. The summed E-state index contributed by atoms with van der Waals surface area (Å²) < 4.78 is 0. The Labute approximate surface area is 128 Å². The van der Waals surface area contributed by atoms with Gasteiger partial charge in [-0.1, -0.05) is 27.2 Å². The van der Waals surface area contributed by atoms with Crippen molar-refractivity contribution < 1.29 is 14.7 Å². The Balaban J connectivity index is 2.76. The van der Waals surface area contributed by atoms with Crippen LogP contribution >= 0.6 is 0 Å². The molecule has 0 aromatic carbocycles. The van der Waals surface area contributed by atoms with Crippen LogP contribution in [0.5, 0.6) is 0 Å². The summed E-state index contributed by atoms with van der Waals surface area (Å²) in [6.45, 7) is 8.90. The van der Waals surface area contributed by atoms with Crippen LogP contribution in [0, 0.1) is 11.8 Å². The van der Waals surface area contributed by atoms with Crippen molar-refractivity contribution in [2.75, 3.05) is 13.6 Å². The zero-order chi connectivity index (χ0) is 16.2. The van der Waals surface area contributed by atoms with E-state index in [-0.39, 0.29) is 12.1 Å². The predicted molar refractivity (Wildman–Crippen MR) is 83.2 cm³/mol. The molecule has 0 aromatic rings. The van der Waals surface area contributed by atoms with Gasteiger partial charge in [0.2, 0.25) is 0 Å². The molecule has 2 amide bonds. The maximum absolute atomic E-state index is 12.6. The molecule has 3 unspecified atom stereocenters. The number of rotatable bonds is 5. The van der Waals surface area contributed by atoms with Crippen LogP contribution in [0.25, 0.3) is 0 Å². The van der Waals surface area contributed by atoms with E-state index < -0.39 is 12.0 Å². The molecule has 0 saturated carbocycles. The predicted octanol–water partition coefficient (Wildman–Crippen LogP) is 3.05. The monoisotopic (exact) mass is 298 g/mol. The Kier molecular flexibility index (Phi) is 6.49. The maximum Gasteiger partial charge on any atom is 0.326 e. The Morgan fingerprint density at radius 2 is 1.95 bits per heavy atom. The Hall–Kier alpha value is -1.26. The first kappa shape index (κ1) is 17.8. The third-order valence-corrected chi connectivity index (χ3v) is 4.59. The number of carboxylic acids is 1. The summed E-state index contributed by atoms with van der Waals surface area (Å²) >= 11 is 0. The highest BCUT2D eigenvalue weighted by Crippen LogP contribution is 2.27. The number of carbonyl (C=O) groups is 2. The first-order valence-electron chi connectivity index (χ1n) is 8.04. The van der Waals surface area contributed by atoms with E-state index in [0.717, 1.165) is 19.3 Å². The molecule has 3 atom stereocenters. The number of amides is 2. The van der Waals surface area contributed by atoms with E-state index in [1.54, 1.807) is 16.8 Å². The number of carboxylic acid groups (broad SMARTS) is 1. The van der Waals surface area contributed by atoms with Gasteiger partial charge in [0.1, 0.15) is 6.04 Å². The van der Waals surface area contributed by atoms with Crippen LogP contribution in [0.1, 0.15) is 53.4 Å². The average Bonchev–Trinajstić information content (AvgIpc) is 2.44. The highest BCUT2D eigenvalue weighted by Gasteiger charge is 2.37. The molecule has 1 N–H and O–H groups in total. The van der Waals surface area contributed by atoms with Crippen LogP contribution in [-0.4, -0.2) is 52.6 Å². The number of hydrogen-bond donors (Lipinski definition) is 1. The molecule has 5 heteroatoms. The Morgan fingerprint density at radius 1 is 1.33 bits per heavy atom. The van der Waals surface area contributed by atoms with Gasteiger partial charge in [-0.3, -0.25) is 0 Å². The molecule has 1 aliphatic heterocycles. The van der Waals surface area contributed by atoms with E-state index in [9.17, 15) is 14.7 Å². The minimum absolute atomic E-state index is 0.121. The van der Waals surface area contributed by atoms with Crippen LogP contribution in [0.4, 0.5) is 4.79 Å². The molecule has 0 aliphatic carbocycles. The molecule has 122 valence electrons. The topological polar surface area (TPSA) is 60.9 Å². The fourth-order valence-electron chi connectivity index (χ4n) is 3.10. The van der Waals surface area contributed by atoms with E-state index >= 15 is 0 Å². The minimum Gasteiger partial charge on any atom is -0.480 e. The summed E-state index contributed by atoms with van der Waals surface area (Å²) in [5.74, 6) is 0.0382. The van der Waals surface area contributed by atoms with Gasteiger partial charge in [0.15, 0.2) is 0 Å². The van der Waals surface area contributed by atoms with Crippen LogP contribution < -0.4 is 0 Å². The molecular formula is C16H30N2O3. The highest BCUT2D eigenvalue weighted by atomic mass is 16.4. The van der Waals surface area contributed by atoms with Crippen molar-refractivity contribution >= 4 is 12.0 Å². The third kappa shape index (κ3) is 4.61. The largest absolute Gasteiger partial charge is 0.480 e. The highest BCUT2D eigenvalue weighted by molar-refractivity contribution is 5.83. The molecular weight excluding hydrogens is 268 g/mol. The zero-order valence-electron chi connectivity index (χ0n) is 14.0. The van der Waals surface area contributed by atoms with Crippen molar-refractivity contribution in [2.45, 2.75) is 65.5 Å². The third-order valence-electron chi connectivity index (χ3n) is 4.59. The molecule has 5 nitrogen and oxygen atoms in total. The maximum atomic E-state index is 12.6. The van der Waals surface area contributed by atoms with Crippen molar-refractivity contribution in [3.8, 4) is 0 Å². The van der Waals surface area contributed by atoms with Crippen LogP contribution in [0.3, 0.4) is 0 Å². The lowest BCUT2D eigenvalue weighted by molar-refractivity contribution is -0.144. The summed E-state index contributed by atoms with van der Waals surface area (Å²) in [4.78, 5) is 27.4. The second-order valence-electron chi connectivity index (χ2n) is 6.72. The zero-order valence-corrected chi connectivity index (χ0v) is 14.0. The summed E-state index contributed by atoms with van der Waals surface area (Å²) in [6, 6.07) is -0.703. The number of aliphatic carboxylic acids is 1. The van der Waals surface area contributed by atoms with Gasteiger partial charge in [0, 0.05) is 19.6 Å². The van der Waals surface area contributed by atoms with Crippen LogP contribution in [0.2, 0.25) is 0 Å². The number of carbonyl (C=O) groups excluding carboxylic acids is 1. The van der Waals surface area contributed by atoms with Crippen molar-refractivity contribution in [1.82, 2.24) is 9.80 Å². The van der Waals surface area contributed by atoms with E-state index in [4.69, 9.17) is 0 Å². The molecule has 1 rings (SSSR count). The summed E-state index contributed by atoms with van der Waals surface area (Å²) in [7, 11) is 1.78. The van der Waals surface area contributed by atoms with Crippen molar-refractivity contribution in [3.63, 3.8) is 0 Å². The van der Waals surface area contributed by atoms with Crippen LogP contribution in [-0.2, 0) is 4.79 Å². The van der Waals surface area contributed by atoms with Gasteiger partial charge in [-0.15, -0.1) is 0 Å². The number of likely N-dealkylation sites (tertiary alicyclic amines) is 1. The quantitative estimate of drug-likeness (QED) is 0.848. The SMILES string of the molecule is CCC1CCN(C(=O)N(C)C(C)CC(C)C)C(C(=O)O)C1. The van der Waals surface area contributed by atoms with Gasteiger partial charge in [0.05, 0.1) is 0 Å². The van der Waals surface area contributed by atoms with E-state index in [1.807, 2.05) is 6.92 Å². The molecule has 1 saturated heterocycles. The normalized spacial score (nSPS) is 24.0. The summed E-state index contributed by atoms with van der Waals surface area (Å²) in [5, 5.41) is 9.42. The van der Waals surface area contributed by atoms with Gasteiger partial charge >= 0.3 is 12.0 Å². The van der Waals surface area contributed by atoms with E-state index in [0.29, 0.717) is 24.8 Å². The van der Waals surface area contributed by atoms with Crippen LogP contribution in [0.15, 0.2) is 0 Å². The lowest BCUT2D eigenvalue weighted by Gasteiger charge is -2.40. The average molecular weight is 298 g/mol. The molecule has 0 bridgehead atoms. The summed E-state index contributed by atoms with van der Waals surface area (Å²) in [6.07, 6.45) is 3.37. The number of piperidine rings is 1. The number of urea groups is 1. The van der Waals surface area contributed by atoms with Crippen molar-refractivity contribution in [2.24, 2.45) is 11.8 Å². The lowest BCUT2D eigenvalue weighted by atomic mass is 9.89. The summed E-state index contributed by atoms with van der Waals surface area (Å²) in [5.41, 5.74) is 0. The number of hydrogen-bond acceptors (Lipinski definition) is 2. The van der Waals surface area contributed by atoms with Gasteiger partial charge in [0.25, 0.3) is 0 Å². The molecule has 0 spiro atoms. The second-order valence-corrected chi connectivity index (χ2v) is 6.72. The van der Waals surface area contributed by atoms with Crippen molar-refractivity contribution in [1.29, 1.82) is 0 Å². The lowest BCUT2D eigenvalue weighted by Crippen LogP contribution is -2.55. The molecule has 1 heterocycles. The molecule has 0 radical (unpaired) electrons. The number of nitrogens with zero attached hydrogens (tertiary/aromatic N) is 2. The van der Waals surface area contributed by atoms with Gasteiger partial charge < -0.3 is 14.9 Å². The Bertz CT molecular complexity index is 371. The minimum atomic E-state index is -0.883. The molecule has 21 heavy (non-hydrogen) atoms.